The van der Waals surface area contributed by atoms with Gasteiger partial charge in [0.2, 0.25) is 0 Å². The first-order chi connectivity index (χ1) is 9.00. The van der Waals surface area contributed by atoms with Crippen LogP contribution in [0.1, 0.15) is 84.5 Å². The highest BCUT2D eigenvalue weighted by Gasteiger charge is 2.23. The van der Waals surface area contributed by atoms with E-state index in [4.69, 9.17) is 0 Å². The fourth-order valence-electron chi connectivity index (χ4n) is 2.38. The third-order valence-electron chi connectivity index (χ3n) is 3.54. The zero-order valence-corrected chi connectivity index (χ0v) is 13.5. The normalized spacial score (nSPS) is 12.1. The second-order valence-corrected chi connectivity index (χ2v) is 6.52. The molecule has 3 nitrogen and oxygen atoms in total. The first-order valence-corrected chi connectivity index (χ1v) is 7.93. The molecule has 3 heteroatoms. The summed E-state index contributed by atoms with van der Waals surface area (Å²) in [4.78, 5) is 0. The lowest BCUT2D eigenvalue weighted by atomic mass is 9.89. The van der Waals surface area contributed by atoms with E-state index in [9.17, 15) is 0 Å². The Hall–Kier alpha value is -0.860. The minimum atomic E-state index is 0.102. The molecule has 0 saturated carbocycles. The predicted molar refractivity (Wildman–Crippen MR) is 81.5 cm³/mol. The molecule has 0 aliphatic heterocycles. The van der Waals surface area contributed by atoms with E-state index in [0.717, 1.165) is 13.0 Å². The largest absolute Gasteiger partial charge is 0.249 e. The van der Waals surface area contributed by atoms with Gasteiger partial charge in [0.05, 0.1) is 11.4 Å². The van der Waals surface area contributed by atoms with Gasteiger partial charge in [-0.1, -0.05) is 65.5 Å². The van der Waals surface area contributed by atoms with Crippen molar-refractivity contribution >= 4 is 0 Å². The summed E-state index contributed by atoms with van der Waals surface area (Å²) in [5, 5.41) is 8.85. The molecule has 0 bridgehead atoms. The first kappa shape index (κ1) is 16.2. The van der Waals surface area contributed by atoms with Crippen molar-refractivity contribution in [3.8, 4) is 0 Å². The molecule has 0 aliphatic rings. The summed E-state index contributed by atoms with van der Waals surface area (Å²) in [6.45, 7) is 12.2. The van der Waals surface area contributed by atoms with E-state index in [1.54, 1.807) is 0 Å². The molecule has 0 aromatic carbocycles. The molecule has 1 aromatic heterocycles. The van der Waals surface area contributed by atoms with E-state index in [-0.39, 0.29) is 5.41 Å². The zero-order chi connectivity index (χ0) is 14.3. The average Bonchev–Trinajstić information content (AvgIpc) is 2.75. The molecule has 0 amide bonds. The molecule has 0 aliphatic carbocycles. The van der Waals surface area contributed by atoms with Gasteiger partial charge in [-0.25, -0.2) is 4.68 Å². The summed E-state index contributed by atoms with van der Waals surface area (Å²) in [5.74, 6) is 0. The molecule has 0 unspecified atom stereocenters. The molecule has 19 heavy (non-hydrogen) atoms. The van der Waals surface area contributed by atoms with Crippen LogP contribution in [-0.4, -0.2) is 15.0 Å². The molecule has 110 valence electrons. The van der Waals surface area contributed by atoms with Gasteiger partial charge >= 0.3 is 0 Å². The van der Waals surface area contributed by atoms with Crippen molar-refractivity contribution < 1.29 is 0 Å². The van der Waals surface area contributed by atoms with Gasteiger partial charge in [0, 0.05) is 12.0 Å². The van der Waals surface area contributed by atoms with Crippen LogP contribution in [0.3, 0.4) is 0 Å². The molecular formula is C16H31N3. The lowest BCUT2D eigenvalue weighted by Gasteiger charge is -2.17. The van der Waals surface area contributed by atoms with Crippen molar-refractivity contribution in [3.05, 3.63) is 11.4 Å². The van der Waals surface area contributed by atoms with Crippen LogP contribution in [0.25, 0.3) is 0 Å². The van der Waals surface area contributed by atoms with E-state index in [1.165, 1.54) is 49.9 Å². The molecule has 0 saturated heterocycles. The molecule has 1 heterocycles. The van der Waals surface area contributed by atoms with E-state index < -0.39 is 0 Å². The minimum Gasteiger partial charge on any atom is -0.249 e. The van der Waals surface area contributed by atoms with Crippen molar-refractivity contribution in [3.63, 3.8) is 0 Å². The van der Waals surface area contributed by atoms with Gasteiger partial charge in [-0.2, -0.15) is 0 Å². The monoisotopic (exact) mass is 265 g/mol. The maximum atomic E-state index is 4.45. The van der Waals surface area contributed by atoms with Crippen LogP contribution >= 0.6 is 0 Å². The Labute approximate surface area is 118 Å². The number of unbranched alkanes of at least 4 members (excludes halogenated alkanes) is 4. The molecule has 1 aromatic rings. The number of hydrogen-bond donors (Lipinski definition) is 0. The van der Waals surface area contributed by atoms with Crippen molar-refractivity contribution in [2.45, 2.75) is 91.5 Å². The smallest absolute Gasteiger partial charge is 0.0912 e. The van der Waals surface area contributed by atoms with Gasteiger partial charge in [-0.3, -0.25) is 0 Å². The molecule has 0 fully saturated rings. The summed E-state index contributed by atoms with van der Waals surface area (Å²) in [5.41, 5.74) is 2.66. The number of hydrogen-bond acceptors (Lipinski definition) is 2. The van der Waals surface area contributed by atoms with Crippen molar-refractivity contribution in [1.82, 2.24) is 15.0 Å². The van der Waals surface area contributed by atoms with E-state index in [0.29, 0.717) is 0 Å². The van der Waals surface area contributed by atoms with Gasteiger partial charge in [-0.15, -0.1) is 5.10 Å². The number of rotatable bonds is 8. The van der Waals surface area contributed by atoms with E-state index in [1.807, 2.05) is 0 Å². The maximum Gasteiger partial charge on any atom is 0.0912 e. The lowest BCUT2D eigenvalue weighted by molar-refractivity contribution is 0.506. The number of aromatic nitrogens is 3. The fourth-order valence-corrected chi connectivity index (χ4v) is 2.38. The molecule has 0 radical (unpaired) electrons. The Morgan fingerprint density at radius 2 is 1.63 bits per heavy atom. The minimum absolute atomic E-state index is 0.102. The van der Waals surface area contributed by atoms with Crippen LogP contribution in [-0.2, 0) is 18.4 Å². The Morgan fingerprint density at radius 1 is 0.947 bits per heavy atom. The summed E-state index contributed by atoms with van der Waals surface area (Å²) in [6, 6.07) is 0. The summed E-state index contributed by atoms with van der Waals surface area (Å²) >= 11 is 0. The summed E-state index contributed by atoms with van der Waals surface area (Å²) < 4.78 is 2.16. The lowest BCUT2D eigenvalue weighted by Crippen LogP contribution is -2.16. The topological polar surface area (TPSA) is 30.7 Å². The quantitative estimate of drug-likeness (QED) is 0.648. The van der Waals surface area contributed by atoms with Crippen LogP contribution in [0.2, 0.25) is 0 Å². The highest BCUT2D eigenvalue weighted by molar-refractivity contribution is 5.19. The predicted octanol–water partition coefficient (Wildman–Crippen LogP) is 4.50. The van der Waals surface area contributed by atoms with Gasteiger partial charge in [0.1, 0.15) is 0 Å². The van der Waals surface area contributed by atoms with Gasteiger partial charge in [-0.05, 0) is 19.3 Å². The summed E-state index contributed by atoms with van der Waals surface area (Å²) in [6.07, 6.45) is 8.70. The number of nitrogens with zero attached hydrogens (tertiary/aromatic N) is 3. The number of aryl methyl sites for hydroxylation is 1. The third kappa shape index (κ3) is 4.96. The van der Waals surface area contributed by atoms with Gasteiger partial charge in [0.25, 0.3) is 0 Å². The molecular weight excluding hydrogens is 234 g/mol. The maximum absolute atomic E-state index is 4.45. The average molecular weight is 265 g/mol. The van der Waals surface area contributed by atoms with Crippen LogP contribution in [0.4, 0.5) is 0 Å². The van der Waals surface area contributed by atoms with Crippen LogP contribution in [0.15, 0.2) is 0 Å². The second kappa shape index (κ2) is 7.66. The Balaban J connectivity index is 2.76. The summed E-state index contributed by atoms with van der Waals surface area (Å²) in [7, 11) is 0. The van der Waals surface area contributed by atoms with E-state index in [2.05, 4.69) is 49.6 Å². The fraction of sp³-hybridized carbons (Fsp3) is 0.875. The van der Waals surface area contributed by atoms with E-state index >= 15 is 0 Å². The van der Waals surface area contributed by atoms with Gasteiger partial charge in [0.15, 0.2) is 0 Å². The molecule has 1 rings (SSSR count). The Morgan fingerprint density at radius 3 is 2.21 bits per heavy atom. The molecule has 0 atom stereocenters. The highest BCUT2D eigenvalue weighted by Crippen LogP contribution is 2.25. The first-order valence-electron chi connectivity index (χ1n) is 7.93. The highest BCUT2D eigenvalue weighted by atomic mass is 15.4. The third-order valence-corrected chi connectivity index (χ3v) is 3.54. The second-order valence-electron chi connectivity index (χ2n) is 6.52. The molecule has 0 spiro atoms. The van der Waals surface area contributed by atoms with Crippen molar-refractivity contribution in [1.29, 1.82) is 0 Å². The van der Waals surface area contributed by atoms with Crippen LogP contribution < -0.4 is 0 Å². The van der Waals surface area contributed by atoms with Crippen LogP contribution in [0, 0.1) is 0 Å². The SMILES string of the molecule is CCCCCCn1nnc(C(C)(C)C)c1CCCC. The Bertz CT molecular complexity index is 361. The van der Waals surface area contributed by atoms with Crippen molar-refractivity contribution in [2.24, 2.45) is 0 Å². The molecule has 0 N–H and O–H groups in total. The van der Waals surface area contributed by atoms with Crippen LogP contribution in [0.5, 0.6) is 0 Å². The van der Waals surface area contributed by atoms with Crippen molar-refractivity contribution in [2.75, 3.05) is 0 Å². The standard InChI is InChI=1S/C16H31N3/c1-6-8-10-11-13-19-14(12-9-7-2)15(17-18-19)16(3,4)5/h6-13H2,1-5H3. The van der Waals surface area contributed by atoms with Gasteiger partial charge < -0.3 is 0 Å². The Kier molecular flexibility index (Phi) is 6.53. The zero-order valence-electron chi connectivity index (χ0n) is 13.5.